The van der Waals surface area contributed by atoms with E-state index in [0.717, 1.165) is 11.3 Å². The molecule has 4 N–H and O–H groups in total. The number of amides is 1. The number of nitrogens with zero attached hydrogens (tertiary/aromatic N) is 1. The van der Waals surface area contributed by atoms with Gasteiger partial charge in [0.15, 0.2) is 0 Å². The van der Waals surface area contributed by atoms with Crippen molar-refractivity contribution in [3.63, 3.8) is 0 Å². The van der Waals surface area contributed by atoms with Crippen LogP contribution < -0.4 is 11.1 Å². The molecule has 0 radical (unpaired) electrons. The van der Waals surface area contributed by atoms with E-state index < -0.39 is 5.60 Å². The fraction of sp³-hybridized carbons (Fsp3) is 0.533. The van der Waals surface area contributed by atoms with Crippen LogP contribution >= 0.6 is 0 Å². The number of carbonyl (C=O) groups excluding carboxylic acids is 1. The first-order valence-corrected chi connectivity index (χ1v) is 6.80. The van der Waals surface area contributed by atoms with Gasteiger partial charge in [0.1, 0.15) is 0 Å². The summed E-state index contributed by atoms with van der Waals surface area (Å²) < 4.78 is 0. The summed E-state index contributed by atoms with van der Waals surface area (Å²) in [6.45, 7) is 5.09. The minimum Gasteiger partial charge on any atom is -0.389 e. The van der Waals surface area contributed by atoms with E-state index in [0.29, 0.717) is 26.1 Å². The van der Waals surface area contributed by atoms with Gasteiger partial charge in [-0.1, -0.05) is 12.1 Å². The second kappa shape index (κ2) is 7.38. The Morgan fingerprint density at radius 1 is 1.45 bits per heavy atom. The maximum Gasteiger partial charge on any atom is 0.225 e. The number of hydrogen-bond acceptors (Lipinski definition) is 4. The molecule has 5 nitrogen and oxygen atoms in total. The number of hydrogen-bond donors (Lipinski definition) is 3. The predicted octanol–water partition coefficient (Wildman–Crippen LogP) is 1.18. The van der Waals surface area contributed by atoms with Gasteiger partial charge in [-0.3, -0.25) is 4.79 Å². The summed E-state index contributed by atoms with van der Waals surface area (Å²) in [6, 6.07) is 7.51. The fourth-order valence-electron chi connectivity index (χ4n) is 2.03. The summed E-state index contributed by atoms with van der Waals surface area (Å²) in [5, 5.41) is 12.5. The molecular formula is C15H25N3O2. The number of likely N-dealkylation sites (N-methyl/N-ethyl adjacent to an activating group) is 1. The van der Waals surface area contributed by atoms with Crippen molar-refractivity contribution in [2.75, 3.05) is 25.5 Å². The number of aliphatic hydroxyl groups is 1. The quantitative estimate of drug-likeness (QED) is 0.700. The summed E-state index contributed by atoms with van der Waals surface area (Å²) in [5.41, 5.74) is 6.57. The molecule has 20 heavy (non-hydrogen) atoms. The summed E-state index contributed by atoms with van der Waals surface area (Å²) in [5.74, 6) is -0.0400. The zero-order valence-electron chi connectivity index (χ0n) is 12.5. The maximum atomic E-state index is 11.9. The molecule has 0 bridgehead atoms. The lowest BCUT2D eigenvalue weighted by Crippen LogP contribution is -2.37. The molecule has 5 heteroatoms. The highest BCUT2D eigenvalue weighted by Crippen LogP contribution is 2.10. The number of benzene rings is 1. The molecule has 0 heterocycles. The van der Waals surface area contributed by atoms with Gasteiger partial charge < -0.3 is 21.1 Å². The van der Waals surface area contributed by atoms with Crippen molar-refractivity contribution in [3.05, 3.63) is 29.8 Å². The van der Waals surface area contributed by atoms with Crippen molar-refractivity contribution in [2.45, 2.75) is 32.4 Å². The Morgan fingerprint density at radius 3 is 2.75 bits per heavy atom. The van der Waals surface area contributed by atoms with Crippen LogP contribution in [0.25, 0.3) is 0 Å². The minimum absolute atomic E-state index is 0.0400. The fourth-order valence-corrected chi connectivity index (χ4v) is 2.03. The molecular weight excluding hydrogens is 254 g/mol. The molecule has 0 atom stereocenters. The molecule has 1 amide bonds. The van der Waals surface area contributed by atoms with Crippen molar-refractivity contribution in [2.24, 2.45) is 5.73 Å². The normalized spacial score (nSPS) is 11.7. The lowest BCUT2D eigenvalue weighted by molar-refractivity contribution is -0.116. The monoisotopic (exact) mass is 279 g/mol. The third-order valence-corrected chi connectivity index (χ3v) is 2.82. The second-order valence-corrected chi connectivity index (χ2v) is 5.75. The van der Waals surface area contributed by atoms with Crippen molar-refractivity contribution >= 4 is 11.6 Å². The predicted molar refractivity (Wildman–Crippen MR) is 81.4 cm³/mol. The van der Waals surface area contributed by atoms with E-state index >= 15 is 0 Å². The zero-order valence-corrected chi connectivity index (χ0v) is 12.5. The highest BCUT2D eigenvalue weighted by atomic mass is 16.3. The molecule has 1 rings (SSSR count). The van der Waals surface area contributed by atoms with E-state index in [4.69, 9.17) is 5.73 Å². The number of nitrogens with two attached hydrogens (primary N) is 1. The zero-order chi connectivity index (χ0) is 15.2. The van der Waals surface area contributed by atoms with Gasteiger partial charge in [0, 0.05) is 31.7 Å². The molecule has 0 aromatic heterocycles. The summed E-state index contributed by atoms with van der Waals surface area (Å²) >= 11 is 0. The van der Waals surface area contributed by atoms with Crippen LogP contribution in [-0.2, 0) is 11.3 Å². The minimum atomic E-state index is -0.749. The number of carbonyl (C=O) groups is 1. The Hall–Kier alpha value is -1.43. The van der Waals surface area contributed by atoms with Crippen LogP contribution in [0.5, 0.6) is 0 Å². The molecule has 0 aliphatic rings. The van der Waals surface area contributed by atoms with Gasteiger partial charge in [-0.2, -0.15) is 0 Å². The average molecular weight is 279 g/mol. The van der Waals surface area contributed by atoms with Crippen LogP contribution in [0.4, 0.5) is 5.69 Å². The van der Waals surface area contributed by atoms with Crippen LogP contribution in [0.1, 0.15) is 25.8 Å². The highest BCUT2D eigenvalue weighted by molar-refractivity contribution is 5.90. The van der Waals surface area contributed by atoms with Gasteiger partial charge in [-0.05, 0) is 38.6 Å². The standard InChI is InChI=1S/C15H25N3O2/c1-15(2,20)11-18(3)8-7-14(19)17-13-6-4-5-12(9-13)10-16/h4-6,9,20H,7-8,10-11,16H2,1-3H3,(H,17,19). The van der Waals surface area contributed by atoms with Crippen molar-refractivity contribution < 1.29 is 9.90 Å². The van der Waals surface area contributed by atoms with E-state index in [1.165, 1.54) is 0 Å². The van der Waals surface area contributed by atoms with Gasteiger partial charge >= 0.3 is 0 Å². The van der Waals surface area contributed by atoms with Crippen LogP contribution in [0, 0.1) is 0 Å². The molecule has 0 unspecified atom stereocenters. The first-order valence-electron chi connectivity index (χ1n) is 6.80. The Labute approximate surface area is 120 Å². The Morgan fingerprint density at radius 2 is 2.15 bits per heavy atom. The molecule has 0 aliphatic heterocycles. The molecule has 112 valence electrons. The highest BCUT2D eigenvalue weighted by Gasteiger charge is 2.16. The van der Waals surface area contributed by atoms with Gasteiger partial charge in [-0.15, -0.1) is 0 Å². The van der Waals surface area contributed by atoms with E-state index in [2.05, 4.69) is 5.32 Å². The average Bonchev–Trinajstić information content (AvgIpc) is 2.34. The van der Waals surface area contributed by atoms with E-state index in [1.54, 1.807) is 13.8 Å². The maximum absolute atomic E-state index is 11.9. The second-order valence-electron chi connectivity index (χ2n) is 5.75. The lowest BCUT2D eigenvalue weighted by Gasteiger charge is -2.25. The van der Waals surface area contributed by atoms with Crippen molar-refractivity contribution in [3.8, 4) is 0 Å². The molecule has 0 saturated carbocycles. The first kappa shape index (κ1) is 16.6. The Bertz CT molecular complexity index is 441. The van der Waals surface area contributed by atoms with Gasteiger partial charge in [0.05, 0.1) is 5.60 Å². The van der Waals surface area contributed by atoms with Crippen LogP contribution in [0.2, 0.25) is 0 Å². The smallest absolute Gasteiger partial charge is 0.225 e. The Kier molecular flexibility index (Phi) is 6.13. The van der Waals surface area contributed by atoms with E-state index in [9.17, 15) is 9.90 Å². The van der Waals surface area contributed by atoms with E-state index in [1.807, 2.05) is 36.2 Å². The van der Waals surface area contributed by atoms with Crippen LogP contribution in [0.15, 0.2) is 24.3 Å². The molecule has 0 aliphatic carbocycles. The van der Waals surface area contributed by atoms with Gasteiger partial charge in [0.25, 0.3) is 0 Å². The first-order chi connectivity index (χ1) is 9.30. The van der Waals surface area contributed by atoms with E-state index in [-0.39, 0.29) is 5.91 Å². The third-order valence-electron chi connectivity index (χ3n) is 2.82. The number of nitrogens with one attached hydrogen (secondary N) is 1. The van der Waals surface area contributed by atoms with Gasteiger partial charge in [0.2, 0.25) is 5.91 Å². The van der Waals surface area contributed by atoms with Crippen LogP contribution in [0.3, 0.4) is 0 Å². The summed E-state index contributed by atoms with van der Waals surface area (Å²) in [6.07, 6.45) is 0.388. The number of anilines is 1. The molecule has 0 fully saturated rings. The molecule has 1 aromatic rings. The summed E-state index contributed by atoms with van der Waals surface area (Å²) in [4.78, 5) is 13.8. The molecule has 0 spiro atoms. The SMILES string of the molecule is CN(CCC(=O)Nc1cccc(CN)c1)CC(C)(C)O. The topological polar surface area (TPSA) is 78.6 Å². The summed E-state index contributed by atoms with van der Waals surface area (Å²) in [7, 11) is 1.89. The van der Waals surface area contributed by atoms with Crippen molar-refractivity contribution in [1.82, 2.24) is 4.90 Å². The number of rotatable bonds is 7. The molecule has 0 saturated heterocycles. The largest absolute Gasteiger partial charge is 0.389 e. The Balaban J connectivity index is 2.40. The third kappa shape index (κ3) is 6.65. The van der Waals surface area contributed by atoms with Gasteiger partial charge in [-0.25, -0.2) is 0 Å². The molecule has 1 aromatic carbocycles. The lowest BCUT2D eigenvalue weighted by atomic mass is 10.1. The van der Waals surface area contributed by atoms with Crippen LogP contribution in [-0.4, -0.2) is 41.7 Å². The van der Waals surface area contributed by atoms with Crippen molar-refractivity contribution in [1.29, 1.82) is 0 Å².